The van der Waals surface area contributed by atoms with Gasteiger partial charge in [-0.1, -0.05) is 11.6 Å². The molecule has 0 aromatic carbocycles. The maximum absolute atomic E-state index is 11.6. The minimum atomic E-state index is -0.536. The Morgan fingerprint density at radius 2 is 2.12 bits per heavy atom. The number of ketones is 1. The monoisotopic (exact) mass is 239 g/mol. The van der Waals surface area contributed by atoms with Crippen LogP contribution in [0.2, 0.25) is 0 Å². The number of carbonyl (C=O) groups is 2. The summed E-state index contributed by atoms with van der Waals surface area (Å²) in [5, 5.41) is 2.48. The number of rotatable bonds is 4. The molecule has 1 aliphatic carbocycles. The van der Waals surface area contributed by atoms with Gasteiger partial charge in [0.05, 0.1) is 6.54 Å². The largest absolute Gasteiger partial charge is 0.444 e. The quantitative estimate of drug-likeness (QED) is 0.767. The van der Waals surface area contributed by atoms with Crippen molar-refractivity contribution >= 4 is 11.9 Å². The number of amides is 1. The maximum atomic E-state index is 11.6. The number of alkyl carbamates (subject to hydrolysis) is 1. The lowest BCUT2D eigenvalue weighted by atomic mass is 10.1. The van der Waals surface area contributed by atoms with Crippen molar-refractivity contribution in [1.82, 2.24) is 5.32 Å². The van der Waals surface area contributed by atoms with Gasteiger partial charge >= 0.3 is 6.09 Å². The number of ether oxygens (including phenoxy) is 1. The first-order chi connectivity index (χ1) is 7.87. The number of nitrogens with one attached hydrogen (secondary N) is 1. The summed E-state index contributed by atoms with van der Waals surface area (Å²) in [4.78, 5) is 22.9. The molecule has 1 N–H and O–H groups in total. The zero-order chi connectivity index (χ0) is 12.9. The second-order valence-electron chi connectivity index (χ2n) is 5.33. The Labute approximate surface area is 102 Å². The van der Waals surface area contributed by atoms with Crippen LogP contribution in [0.15, 0.2) is 11.6 Å². The van der Waals surface area contributed by atoms with Gasteiger partial charge in [-0.05, 0) is 40.0 Å². The molecule has 0 heterocycles. The van der Waals surface area contributed by atoms with E-state index in [4.69, 9.17) is 4.74 Å². The van der Waals surface area contributed by atoms with Crippen molar-refractivity contribution in [3.05, 3.63) is 11.6 Å². The minimum Gasteiger partial charge on any atom is -0.444 e. The van der Waals surface area contributed by atoms with Gasteiger partial charge in [0.2, 0.25) is 0 Å². The Kier molecular flexibility index (Phi) is 4.73. The number of hydrogen-bond donors (Lipinski definition) is 1. The zero-order valence-corrected chi connectivity index (χ0v) is 10.8. The van der Waals surface area contributed by atoms with Gasteiger partial charge < -0.3 is 10.1 Å². The number of carbonyl (C=O) groups excluding carboxylic acids is 2. The normalized spacial score (nSPS) is 15.4. The Hall–Kier alpha value is -1.32. The molecule has 0 spiro atoms. The van der Waals surface area contributed by atoms with Crippen LogP contribution in [0.1, 0.15) is 46.5 Å². The highest BCUT2D eigenvalue weighted by atomic mass is 16.6. The lowest BCUT2D eigenvalue weighted by molar-refractivity contribution is -0.117. The highest BCUT2D eigenvalue weighted by Gasteiger charge is 2.17. The molecule has 1 amide bonds. The van der Waals surface area contributed by atoms with Crippen molar-refractivity contribution in [3.8, 4) is 0 Å². The molecule has 0 unspecified atom stereocenters. The van der Waals surface area contributed by atoms with Crippen LogP contribution in [0.4, 0.5) is 4.79 Å². The lowest BCUT2D eigenvalue weighted by Gasteiger charge is -2.19. The Balaban J connectivity index is 2.21. The van der Waals surface area contributed by atoms with Crippen molar-refractivity contribution in [3.63, 3.8) is 0 Å². The lowest BCUT2D eigenvalue weighted by Crippen LogP contribution is -2.35. The summed E-state index contributed by atoms with van der Waals surface area (Å²) in [7, 11) is 0. The highest BCUT2D eigenvalue weighted by Crippen LogP contribution is 2.20. The zero-order valence-electron chi connectivity index (χ0n) is 10.8. The van der Waals surface area contributed by atoms with Gasteiger partial charge in [-0.2, -0.15) is 0 Å². The third-order valence-corrected chi connectivity index (χ3v) is 2.39. The average molecular weight is 239 g/mol. The molecule has 0 bridgehead atoms. The Morgan fingerprint density at radius 1 is 1.41 bits per heavy atom. The maximum Gasteiger partial charge on any atom is 0.408 e. The Bertz CT molecular complexity index is 326. The second-order valence-corrected chi connectivity index (χ2v) is 5.33. The molecule has 0 fully saturated rings. The summed E-state index contributed by atoms with van der Waals surface area (Å²) in [5.41, 5.74) is 0.669. The topological polar surface area (TPSA) is 55.4 Å². The molecule has 0 saturated carbocycles. The van der Waals surface area contributed by atoms with Crippen molar-refractivity contribution in [1.29, 1.82) is 0 Å². The van der Waals surface area contributed by atoms with Crippen LogP contribution in [-0.2, 0) is 9.53 Å². The van der Waals surface area contributed by atoms with Crippen LogP contribution >= 0.6 is 0 Å². The molecular weight excluding hydrogens is 218 g/mol. The van der Waals surface area contributed by atoms with E-state index in [1.165, 1.54) is 5.57 Å². The molecule has 17 heavy (non-hydrogen) atoms. The van der Waals surface area contributed by atoms with E-state index in [2.05, 4.69) is 11.4 Å². The molecule has 4 nitrogen and oxygen atoms in total. The number of allylic oxidation sites excluding steroid dienone is 2. The highest BCUT2D eigenvalue weighted by molar-refractivity contribution is 5.85. The van der Waals surface area contributed by atoms with Crippen LogP contribution in [0.3, 0.4) is 0 Å². The summed E-state index contributed by atoms with van der Waals surface area (Å²) >= 11 is 0. The fourth-order valence-corrected chi connectivity index (χ4v) is 1.70. The molecule has 0 radical (unpaired) electrons. The van der Waals surface area contributed by atoms with Crippen molar-refractivity contribution in [2.24, 2.45) is 0 Å². The molecule has 4 heteroatoms. The second kappa shape index (κ2) is 5.84. The summed E-state index contributed by atoms with van der Waals surface area (Å²) in [6, 6.07) is 0. The van der Waals surface area contributed by atoms with Crippen LogP contribution in [-0.4, -0.2) is 24.0 Å². The van der Waals surface area contributed by atoms with E-state index in [9.17, 15) is 9.59 Å². The van der Waals surface area contributed by atoms with Gasteiger partial charge in [0.15, 0.2) is 5.78 Å². The van der Waals surface area contributed by atoms with E-state index < -0.39 is 11.7 Å². The number of hydrogen-bond acceptors (Lipinski definition) is 3. The first-order valence-electron chi connectivity index (χ1n) is 6.03. The molecule has 96 valence electrons. The molecule has 0 atom stereocenters. The van der Waals surface area contributed by atoms with E-state index in [1.807, 2.05) is 0 Å². The van der Waals surface area contributed by atoms with Crippen molar-refractivity contribution in [2.45, 2.75) is 52.1 Å². The third kappa shape index (κ3) is 6.09. The van der Waals surface area contributed by atoms with E-state index in [0.717, 1.165) is 19.3 Å². The van der Waals surface area contributed by atoms with Crippen molar-refractivity contribution < 1.29 is 14.3 Å². The molecule has 1 rings (SSSR count). The van der Waals surface area contributed by atoms with Gasteiger partial charge in [-0.25, -0.2) is 4.79 Å². The van der Waals surface area contributed by atoms with Gasteiger partial charge in [0, 0.05) is 6.42 Å². The summed E-state index contributed by atoms with van der Waals surface area (Å²) in [5.74, 6) is 0.0315. The molecular formula is C13H21NO3. The average Bonchev–Trinajstić information content (AvgIpc) is 2.64. The third-order valence-electron chi connectivity index (χ3n) is 2.39. The van der Waals surface area contributed by atoms with Gasteiger partial charge in [0.1, 0.15) is 5.60 Å². The fourth-order valence-electron chi connectivity index (χ4n) is 1.70. The molecule has 0 saturated heterocycles. The van der Waals surface area contributed by atoms with E-state index in [1.54, 1.807) is 20.8 Å². The SMILES string of the molecule is CC(C)(C)OC(=O)NCC(=O)CC1=CCCC1. The van der Waals surface area contributed by atoms with Crippen molar-refractivity contribution in [2.75, 3.05) is 6.54 Å². The van der Waals surface area contributed by atoms with Gasteiger partial charge in [0.25, 0.3) is 0 Å². The van der Waals surface area contributed by atoms with Crippen LogP contribution in [0.25, 0.3) is 0 Å². The first kappa shape index (κ1) is 13.7. The van der Waals surface area contributed by atoms with E-state index >= 15 is 0 Å². The van der Waals surface area contributed by atoms with E-state index in [0.29, 0.717) is 6.42 Å². The standard InChI is InChI=1S/C13H21NO3/c1-13(2,3)17-12(16)14-9-11(15)8-10-6-4-5-7-10/h6H,4-5,7-9H2,1-3H3,(H,14,16). The van der Waals surface area contributed by atoms with Crippen LogP contribution < -0.4 is 5.32 Å². The predicted octanol–water partition coefficient (Wildman–Crippen LogP) is 2.58. The van der Waals surface area contributed by atoms with Crippen LogP contribution in [0.5, 0.6) is 0 Å². The fraction of sp³-hybridized carbons (Fsp3) is 0.692. The van der Waals surface area contributed by atoms with E-state index in [-0.39, 0.29) is 12.3 Å². The summed E-state index contributed by atoms with van der Waals surface area (Å²) < 4.78 is 5.04. The Morgan fingerprint density at radius 3 is 2.65 bits per heavy atom. The summed E-state index contributed by atoms with van der Waals surface area (Å²) in [6.07, 6.45) is 5.26. The molecule has 0 aromatic rings. The molecule has 0 aliphatic heterocycles. The van der Waals surface area contributed by atoms with Crippen LogP contribution in [0, 0.1) is 0 Å². The van der Waals surface area contributed by atoms with Gasteiger partial charge in [-0.15, -0.1) is 0 Å². The summed E-state index contributed by atoms with van der Waals surface area (Å²) in [6.45, 7) is 5.42. The first-order valence-corrected chi connectivity index (χ1v) is 6.03. The molecule has 1 aliphatic rings. The minimum absolute atomic E-state index is 0.0315. The van der Waals surface area contributed by atoms with Gasteiger partial charge in [-0.3, -0.25) is 4.79 Å². The molecule has 0 aromatic heterocycles. The number of Topliss-reactive ketones (excluding diaryl/α,β-unsaturated/α-hetero) is 1. The predicted molar refractivity (Wildman–Crippen MR) is 65.8 cm³/mol. The smallest absolute Gasteiger partial charge is 0.408 e.